The van der Waals surface area contributed by atoms with Gasteiger partial charge in [0.25, 0.3) is 0 Å². The van der Waals surface area contributed by atoms with E-state index < -0.39 is 0 Å². The Kier molecular flexibility index (Phi) is 4.80. The second kappa shape index (κ2) is 7.37. The van der Waals surface area contributed by atoms with Gasteiger partial charge in [-0.15, -0.1) is 5.10 Å². The lowest BCUT2D eigenvalue weighted by molar-refractivity contribution is 0.00369. The van der Waals surface area contributed by atoms with Gasteiger partial charge in [0.15, 0.2) is 0 Å². The Labute approximate surface area is 148 Å². The number of ether oxygens (including phenoxy) is 1. The van der Waals surface area contributed by atoms with Crippen molar-refractivity contribution in [3.05, 3.63) is 41.5 Å². The number of nitrogens with zero attached hydrogens (tertiary/aromatic N) is 4. The summed E-state index contributed by atoms with van der Waals surface area (Å²) in [6, 6.07) is 4.11. The lowest BCUT2D eigenvalue weighted by Crippen LogP contribution is -2.24. The Bertz CT molecular complexity index is 778. The summed E-state index contributed by atoms with van der Waals surface area (Å²) in [5.74, 6) is 7.22. The number of pyridine rings is 1. The van der Waals surface area contributed by atoms with E-state index >= 15 is 0 Å². The van der Waals surface area contributed by atoms with Crippen molar-refractivity contribution < 1.29 is 4.74 Å². The SMILES string of the molecule is CC(c1ccnc(C#CC2CC2)c1)c1cn(CC2CCCCO2)nn1. The summed E-state index contributed by atoms with van der Waals surface area (Å²) < 4.78 is 7.70. The minimum absolute atomic E-state index is 0.172. The van der Waals surface area contributed by atoms with Crippen molar-refractivity contribution in [1.29, 1.82) is 0 Å². The smallest absolute Gasteiger partial charge is 0.113 e. The molecule has 0 radical (unpaired) electrons. The third-order valence-corrected chi connectivity index (χ3v) is 4.93. The lowest BCUT2D eigenvalue weighted by Gasteiger charge is -2.21. The molecule has 2 unspecified atom stereocenters. The van der Waals surface area contributed by atoms with E-state index in [0.29, 0.717) is 5.92 Å². The van der Waals surface area contributed by atoms with E-state index in [1.54, 1.807) is 0 Å². The molecule has 0 amide bonds. The van der Waals surface area contributed by atoms with Gasteiger partial charge >= 0.3 is 0 Å². The number of rotatable bonds is 4. The van der Waals surface area contributed by atoms with Crippen LogP contribution in [0.15, 0.2) is 24.5 Å². The molecule has 2 fully saturated rings. The lowest BCUT2D eigenvalue weighted by atomic mass is 9.99. The standard InChI is InChI=1S/C20H24N4O/c1-15(17-9-10-21-18(12-17)8-7-16-5-6-16)20-14-24(23-22-20)13-19-4-2-3-11-25-19/h9-10,12,14-16,19H,2-6,11,13H2,1H3. The molecule has 1 aliphatic carbocycles. The third-order valence-electron chi connectivity index (χ3n) is 4.93. The summed E-state index contributed by atoms with van der Waals surface area (Å²) in [5.41, 5.74) is 3.00. The molecule has 0 bridgehead atoms. The van der Waals surface area contributed by atoms with Gasteiger partial charge in [-0.1, -0.05) is 18.1 Å². The van der Waals surface area contributed by atoms with E-state index in [2.05, 4.69) is 40.1 Å². The molecule has 130 valence electrons. The summed E-state index contributed by atoms with van der Waals surface area (Å²) in [7, 11) is 0. The Morgan fingerprint density at radius 2 is 2.24 bits per heavy atom. The van der Waals surface area contributed by atoms with E-state index in [0.717, 1.165) is 31.0 Å². The van der Waals surface area contributed by atoms with Gasteiger partial charge in [-0.05, 0) is 55.7 Å². The first kappa shape index (κ1) is 16.3. The predicted octanol–water partition coefficient (Wildman–Crippen LogP) is 3.16. The average Bonchev–Trinajstić information content (AvgIpc) is 3.38. The topological polar surface area (TPSA) is 52.8 Å². The highest BCUT2D eigenvalue weighted by atomic mass is 16.5. The van der Waals surface area contributed by atoms with Crippen molar-refractivity contribution in [1.82, 2.24) is 20.0 Å². The average molecular weight is 336 g/mol. The van der Waals surface area contributed by atoms with E-state index in [9.17, 15) is 0 Å². The highest BCUT2D eigenvalue weighted by molar-refractivity contribution is 5.35. The molecule has 1 saturated heterocycles. The summed E-state index contributed by atoms with van der Waals surface area (Å²) in [6.07, 6.45) is 10.1. The molecule has 0 aromatic carbocycles. The molecule has 5 heteroatoms. The van der Waals surface area contributed by atoms with Gasteiger partial charge < -0.3 is 4.74 Å². The maximum atomic E-state index is 5.79. The van der Waals surface area contributed by atoms with Crippen molar-refractivity contribution in [2.24, 2.45) is 5.92 Å². The fraction of sp³-hybridized carbons (Fsp3) is 0.550. The zero-order valence-electron chi connectivity index (χ0n) is 14.7. The molecular formula is C20H24N4O. The maximum Gasteiger partial charge on any atom is 0.113 e. The zero-order chi connectivity index (χ0) is 17.1. The molecule has 1 saturated carbocycles. The minimum Gasteiger partial charge on any atom is -0.376 e. The van der Waals surface area contributed by atoms with Crippen LogP contribution >= 0.6 is 0 Å². The molecule has 2 aromatic heterocycles. The zero-order valence-corrected chi connectivity index (χ0v) is 14.7. The van der Waals surface area contributed by atoms with E-state index in [1.807, 2.05) is 23.1 Å². The van der Waals surface area contributed by atoms with Gasteiger partial charge in [0, 0.05) is 30.8 Å². The molecule has 4 rings (SSSR count). The number of hydrogen-bond acceptors (Lipinski definition) is 4. The number of aromatic nitrogens is 4. The molecule has 0 spiro atoms. The van der Waals surface area contributed by atoms with Crippen LogP contribution in [0, 0.1) is 17.8 Å². The summed E-state index contributed by atoms with van der Waals surface area (Å²) >= 11 is 0. The summed E-state index contributed by atoms with van der Waals surface area (Å²) in [6.45, 7) is 3.80. The summed E-state index contributed by atoms with van der Waals surface area (Å²) in [4.78, 5) is 4.37. The van der Waals surface area contributed by atoms with Crippen LogP contribution in [0.3, 0.4) is 0 Å². The van der Waals surface area contributed by atoms with Crippen LogP contribution in [0.25, 0.3) is 0 Å². The van der Waals surface area contributed by atoms with Gasteiger partial charge in [-0.2, -0.15) is 0 Å². The van der Waals surface area contributed by atoms with Crippen LogP contribution in [0.1, 0.15) is 61.9 Å². The maximum absolute atomic E-state index is 5.79. The largest absolute Gasteiger partial charge is 0.376 e. The molecule has 2 atom stereocenters. The third kappa shape index (κ3) is 4.26. The molecular weight excluding hydrogens is 312 g/mol. The molecule has 1 aliphatic heterocycles. The van der Waals surface area contributed by atoms with E-state index in [-0.39, 0.29) is 12.0 Å². The van der Waals surface area contributed by atoms with Crippen molar-refractivity contribution in [2.45, 2.75) is 57.6 Å². The quantitative estimate of drug-likeness (QED) is 0.805. The summed E-state index contributed by atoms with van der Waals surface area (Å²) in [5, 5.41) is 8.66. The highest BCUT2D eigenvalue weighted by Crippen LogP contribution is 2.28. The van der Waals surface area contributed by atoms with Crippen molar-refractivity contribution in [3.63, 3.8) is 0 Å². The van der Waals surface area contributed by atoms with Crippen molar-refractivity contribution in [3.8, 4) is 11.8 Å². The fourth-order valence-corrected chi connectivity index (χ4v) is 3.12. The molecule has 0 N–H and O–H groups in total. The van der Waals surface area contributed by atoms with E-state index in [1.165, 1.54) is 31.2 Å². The van der Waals surface area contributed by atoms with Crippen LogP contribution in [0.4, 0.5) is 0 Å². The van der Waals surface area contributed by atoms with Crippen molar-refractivity contribution in [2.75, 3.05) is 6.61 Å². The Morgan fingerprint density at radius 3 is 3.04 bits per heavy atom. The van der Waals surface area contributed by atoms with Gasteiger partial charge in [-0.25, -0.2) is 9.67 Å². The fourth-order valence-electron chi connectivity index (χ4n) is 3.12. The Hall–Kier alpha value is -2.19. The number of hydrogen-bond donors (Lipinski definition) is 0. The first-order chi connectivity index (χ1) is 12.3. The molecule has 5 nitrogen and oxygen atoms in total. The molecule has 2 aliphatic rings. The normalized spacial score (nSPS) is 21.4. The Balaban J connectivity index is 1.44. The first-order valence-corrected chi connectivity index (χ1v) is 9.27. The molecule has 25 heavy (non-hydrogen) atoms. The van der Waals surface area contributed by atoms with Gasteiger partial charge in [-0.3, -0.25) is 0 Å². The van der Waals surface area contributed by atoms with Crippen LogP contribution in [0.5, 0.6) is 0 Å². The second-order valence-corrected chi connectivity index (χ2v) is 7.09. The predicted molar refractivity (Wildman–Crippen MR) is 95.0 cm³/mol. The van der Waals surface area contributed by atoms with Crippen LogP contribution in [0.2, 0.25) is 0 Å². The van der Waals surface area contributed by atoms with Crippen LogP contribution in [-0.4, -0.2) is 32.7 Å². The first-order valence-electron chi connectivity index (χ1n) is 9.27. The van der Waals surface area contributed by atoms with Crippen LogP contribution in [-0.2, 0) is 11.3 Å². The monoisotopic (exact) mass is 336 g/mol. The van der Waals surface area contributed by atoms with E-state index in [4.69, 9.17) is 4.74 Å². The van der Waals surface area contributed by atoms with Crippen LogP contribution < -0.4 is 0 Å². The second-order valence-electron chi connectivity index (χ2n) is 7.09. The minimum atomic E-state index is 0.172. The van der Waals surface area contributed by atoms with Gasteiger partial charge in [0.1, 0.15) is 5.69 Å². The van der Waals surface area contributed by atoms with Gasteiger partial charge in [0.05, 0.1) is 18.3 Å². The van der Waals surface area contributed by atoms with Crippen molar-refractivity contribution >= 4 is 0 Å². The molecule has 2 aromatic rings. The van der Waals surface area contributed by atoms with Gasteiger partial charge in [0.2, 0.25) is 0 Å². The highest BCUT2D eigenvalue weighted by Gasteiger charge is 2.19. The Morgan fingerprint density at radius 1 is 1.32 bits per heavy atom. The molecule has 3 heterocycles.